The summed E-state index contributed by atoms with van der Waals surface area (Å²) < 4.78 is 5.34. The fourth-order valence-electron chi connectivity index (χ4n) is 5.08. The molecule has 162 valence electrons. The van der Waals surface area contributed by atoms with E-state index in [0.717, 1.165) is 29.0 Å². The van der Waals surface area contributed by atoms with E-state index in [2.05, 4.69) is 47.8 Å². The van der Waals surface area contributed by atoms with Crippen molar-refractivity contribution in [2.75, 3.05) is 19.5 Å². The molecular formula is C28H28N2O2. The first kappa shape index (κ1) is 20.4. The number of anilines is 1. The molecule has 1 heterocycles. The molecule has 4 heteroatoms. The number of methoxy groups -OCH3 is 1. The Kier molecular flexibility index (Phi) is 5.44. The van der Waals surface area contributed by atoms with E-state index in [4.69, 9.17) is 4.74 Å². The van der Waals surface area contributed by atoms with Gasteiger partial charge in [-0.25, -0.2) is 0 Å². The van der Waals surface area contributed by atoms with Crippen molar-refractivity contribution in [3.63, 3.8) is 0 Å². The van der Waals surface area contributed by atoms with Gasteiger partial charge < -0.3 is 15.0 Å². The molecule has 3 unspecified atom stereocenters. The summed E-state index contributed by atoms with van der Waals surface area (Å²) in [6.45, 7) is 0.581. The second-order valence-corrected chi connectivity index (χ2v) is 8.67. The maximum absolute atomic E-state index is 13.5. The third-order valence-corrected chi connectivity index (χ3v) is 6.71. The Morgan fingerprint density at radius 1 is 1.03 bits per heavy atom. The molecule has 0 bridgehead atoms. The van der Waals surface area contributed by atoms with E-state index in [1.165, 1.54) is 11.1 Å². The first-order valence-corrected chi connectivity index (χ1v) is 11.1. The average Bonchev–Trinajstić information content (AvgIpc) is 3.34. The second kappa shape index (κ2) is 8.54. The Bertz CT molecular complexity index is 1140. The minimum Gasteiger partial charge on any atom is -0.497 e. The number of hydrogen-bond donors (Lipinski definition) is 1. The first-order valence-electron chi connectivity index (χ1n) is 11.1. The van der Waals surface area contributed by atoms with E-state index in [-0.39, 0.29) is 11.9 Å². The topological polar surface area (TPSA) is 41.6 Å². The van der Waals surface area contributed by atoms with Gasteiger partial charge in [0.1, 0.15) is 5.75 Å². The monoisotopic (exact) mass is 424 g/mol. The van der Waals surface area contributed by atoms with Crippen LogP contribution < -0.4 is 10.1 Å². The number of nitrogens with zero attached hydrogens (tertiary/aromatic N) is 1. The van der Waals surface area contributed by atoms with Gasteiger partial charge >= 0.3 is 0 Å². The van der Waals surface area contributed by atoms with Gasteiger partial charge in [-0.05, 0) is 47.2 Å². The second-order valence-electron chi connectivity index (χ2n) is 8.67. The Morgan fingerprint density at radius 3 is 2.56 bits per heavy atom. The number of carbonyl (C=O) groups is 1. The maximum Gasteiger partial charge on any atom is 0.256 e. The molecule has 4 nitrogen and oxygen atoms in total. The molecular weight excluding hydrogens is 396 g/mol. The van der Waals surface area contributed by atoms with Crippen LogP contribution in [0, 0.1) is 5.92 Å². The van der Waals surface area contributed by atoms with Gasteiger partial charge in [0.2, 0.25) is 0 Å². The fourth-order valence-corrected chi connectivity index (χ4v) is 5.08. The van der Waals surface area contributed by atoms with Crippen LogP contribution in [0.1, 0.15) is 45.4 Å². The van der Waals surface area contributed by atoms with Gasteiger partial charge in [0, 0.05) is 19.5 Å². The van der Waals surface area contributed by atoms with E-state index in [0.29, 0.717) is 18.4 Å². The van der Waals surface area contributed by atoms with Crippen LogP contribution in [0.2, 0.25) is 0 Å². The Hall–Kier alpha value is -3.53. The molecule has 3 atom stereocenters. The van der Waals surface area contributed by atoms with Crippen molar-refractivity contribution in [3.8, 4) is 5.75 Å². The molecule has 0 saturated carbocycles. The highest BCUT2D eigenvalue weighted by atomic mass is 16.5. The first-order chi connectivity index (χ1) is 15.7. The van der Waals surface area contributed by atoms with Crippen LogP contribution in [0.4, 0.5) is 5.69 Å². The SMILES string of the molecule is COc1ccc(C2Nc3c(C(=O)N(C)Cc4ccccc4)cccc3C3C=CCC32)cc1. The van der Waals surface area contributed by atoms with Crippen molar-refractivity contribution in [2.45, 2.75) is 24.9 Å². The molecule has 3 aromatic rings. The fraction of sp³-hybridized carbons (Fsp3) is 0.250. The van der Waals surface area contributed by atoms with Crippen LogP contribution in [0.15, 0.2) is 84.9 Å². The van der Waals surface area contributed by atoms with Crippen LogP contribution >= 0.6 is 0 Å². The molecule has 5 rings (SSSR count). The number of para-hydroxylation sites is 1. The van der Waals surface area contributed by atoms with E-state index in [1.807, 2.05) is 49.5 Å². The van der Waals surface area contributed by atoms with Crippen LogP contribution in [-0.2, 0) is 6.54 Å². The highest BCUT2D eigenvalue weighted by Gasteiger charge is 2.39. The van der Waals surface area contributed by atoms with Crippen LogP contribution in [0.5, 0.6) is 5.75 Å². The Labute approximate surface area is 189 Å². The lowest BCUT2D eigenvalue weighted by atomic mass is 9.76. The van der Waals surface area contributed by atoms with Gasteiger partial charge in [0.05, 0.1) is 24.4 Å². The molecule has 0 radical (unpaired) electrons. The minimum atomic E-state index is 0.0344. The zero-order valence-electron chi connectivity index (χ0n) is 18.5. The zero-order valence-corrected chi connectivity index (χ0v) is 18.5. The number of amides is 1. The van der Waals surface area contributed by atoms with Gasteiger partial charge in [0.25, 0.3) is 5.91 Å². The summed E-state index contributed by atoms with van der Waals surface area (Å²) in [6, 6.07) is 24.6. The molecule has 0 spiro atoms. The number of carbonyl (C=O) groups excluding carboxylic acids is 1. The molecule has 0 saturated heterocycles. The Balaban J connectivity index is 1.48. The van der Waals surface area contributed by atoms with Crippen LogP contribution in [-0.4, -0.2) is 25.0 Å². The van der Waals surface area contributed by atoms with Crippen LogP contribution in [0.3, 0.4) is 0 Å². The highest BCUT2D eigenvalue weighted by molar-refractivity contribution is 6.00. The summed E-state index contributed by atoms with van der Waals surface area (Å²) in [5.74, 6) is 1.63. The number of fused-ring (bicyclic) bond motifs is 3. The summed E-state index contributed by atoms with van der Waals surface area (Å²) in [6.07, 6.45) is 5.61. The largest absolute Gasteiger partial charge is 0.497 e. The van der Waals surface area contributed by atoms with Gasteiger partial charge in [-0.15, -0.1) is 0 Å². The van der Waals surface area contributed by atoms with Gasteiger partial charge in [0.15, 0.2) is 0 Å². The predicted octanol–water partition coefficient (Wildman–Crippen LogP) is 5.79. The molecule has 1 amide bonds. The number of allylic oxidation sites excluding steroid dienone is 2. The van der Waals surface area contributed by atoms with Gasteiger partial charge in [-0.2, -0.15) is 0 Å². The molecule has 1 aliphatic carbocycles. The van der Waals surface area contributed by atoms with Crippen molar-refractivity contribution < 1.29 is 9.53 Å². The van der Waals surface area contributed by atoms with Crippen LogP contribution in [0.25, 0.3) is 0 Å². The molecule has 1 aliphatic heterocycles. The molecule has 2 aliphatic rings. The quantitative estimate of drug-likeness (QED) is 0.527. The smallest absolute Gasteiger partial charge is 0.256 e. The van der Waals surface area contributed by atoms with Gasteiger partial charge in [-0.3, -0.25) is 4.79 Å². The highest BCUT2D eigenvalue weighted by Crippen LogP contribution is 2.50. The summed E-state index contributed by atoms with van der Waals surface area (Å²) in [5.41, 5.74) is 5.25. The standard InChI is InChI=1S/C28H28N2O2/c1-30(18-19-8-4-3-5-9-19)28(31)25-13-7-12-24-22-10-6-11-23(22)26(29-27(24)25)20-14-16-21(32-2)17-15-20/h3-10,12-17,22-23,26,29H,11,18H2,1-2H3. The van der Waals surface area contributed by atoms with Crippen molar-refractivity contribution in [2.24, 2.45) is 5.92 Å². The lowest BCUT2D eigenvalue weighted by molar-refractivity contribution is 0.0785. The summed E-state index contributed by atoms with van der Waals surface area (Å²) in [4.78, 5) is 15.3. The lowest BCUT2D eigenvalue weighted by Gasteiger charge is -2.38. The molecule has 3 aromatic carbocycles. The molecule has 32 heavy (non-hydrogen) atoms. The Morgan fingerprint density at radius 2 is 1.81 bits per heavy atom. The van der Waals surface area contributed by atoms with Crippen molar-refractivity contribution in [3.05, 3.63) is 107 Å². The average molecular weight is 425 g/mol. The zero-order chi connectivity index (χ0) is 22.1. The van der Waals surface area contributed by atoms with E-state index in [9.17, 15) is 4.79 Å². The van der Waals surface area contributed by atoms with Crippen molar-refractivity contribution in [1.82, 2.24) is 4.90 Å². The normalized spacial score (nSPS) is 20.8. The third kappa shape index (κ3) is 3.66. The minimum absolute atomic E-state index is 0.0344. The number of benzene rings is 3. The van der Waals surface area contributed by atoms with E-state index in [1.54, 1.807) is 12.0 Å². The molecule has 0 fully saturated rings. The van der Waals surface area contributed by atoms with E-state index >= 15 is 0 Å². The number of rotatable bonds is 5. The van der Waals surface area contributed by atoms with E-state index < -0.39 is 0 Å². The van der Waals surface area contributed by atoms with Crippen molar-refractivity contribution >= 4 is 11.6 Å². The summed E-state index contributed by atoms with van der Waals surface area (Å²) in [7, 11) is 3.56. The third-order valence-electron chi connectivity index (χ3n) is 6.71. The van der Waals surface area contributed by atoms with Crippen molar-refractivity contribution in [1.29, 1.82) is 0 Å². The summed E-state index contributed by atoms with van der Waals surface area (Å²) >= 11 is 0. The number of hydrogen-bond acceptors (Lipinski definition) is 3. The number of nitrogens with one attached hydrogen (secondary N) is 1. The molecule has 0 aromatic heterocycles. The van der Waals surface area contributed by atoms with Gasteiger partial charge in [-0.1, -0.05) is 66.7 Å². The summed E-state index contributed by atoms with van der Waals surface area (Å²) in [5, 5.41) is 3.76. The predicted molar refractivity (Wildman–Crippen MR) is 128 cm³/mol. The lowest BCUT2D eigenvalue weighted by Crippen LogP contribution is -2.32. The number of ether oxygens (including phenoxy) is 1. The molecule has 1 N–H and O–H groups in total. The maximum atomic E-state index is 13.5.